The van der Waals surface area contributed by atoms with E-state index in [-0.39, 0.29) is 5.82 Å². The molecule has 2 aromatic rings. The fourth-order valence-corrected chi connectivity index (χ4v) is 1.27. The van der Waals surface area contributed by atoms with Gasteiger partial charge in [-0.15, -0.1) is 0 Å². The van der Waals surface area contributed by atoms with Gasteiger partial charge in [-0.2, -0.15) is 5.10 Å². The summed E-state index contributed by atoms with van der Waals surface area (Å²) < 4.78 is 1.68. The van der Waals surface area contributed by atoms with E-state index in [2.05, 4.69) is 20.1 Å². The lowest BCUT2D eigenvalue weighted by Crippen LogP contribution is -2.05. The highest BCUT2D eigenvalue weighted by Gasteiger charge is 2.10. The van der Waals surface area contributed by atoms with Crippen molar-refractivity contribution in [3.63, 3.8) is 0 Å². The molecule has 0 spiro atoms. The van der Waals surface area contributed by atoms with E-state index >= 15 is 0 Å². The van der Waals surface area contributed by atoms with Gasteiger partial charge in [-0.3, -0.25) is 0 Å². The summed E-state index contributed by atoms with van der Waals surface area (Å²) in [4.78, 5) is 22.1. The van der Waals surface area contributed by atoms with Crippen LogP contribution in [0.5, 0.6) is 0 Å². The molecular weight excluding hydrogens is 210 g/mol. The molecule has 2 aromatic heterocycles. The molecule has 0 aliphatic heterocycles. The molecule has 0 aromatic carbocycles. The first-order chi connectivity index (χ1) is 7.72. The van der Waals surface area contributed by atoms with Crippen LogP contribution in [0, 0.1) is 0 Å². The van der Waals surface area contributed by atoms with Crippen LogP contribution in [-0.2, 0) is 6.54 Å². The van der Waals surface area contributed by atoms with Gasteiger partial charge in [0.15, 0.2) is 5.82 Å². The van der Waals surface area contributed by atoms with Gasteiger partial charge in [-0.1, -0.05) is 0 Å². The number of rotatable bonds is 3. The van der Waals surface area contributed by atoms with E-state index in [1.165, 1.54) is 18.7 Å². The second-order valence-corrected chi connectivity index (χ2v) is 3.00. The maximum atomic E-state index is 10.6. The molecule has 2 heterocycles. The number of aromatic carboxylic acids is 1. The van der Waals surface area contributed by atoms with Crippen molar-refractivity contribution in [3.8, 4) is 11.4 Å². The lowest BCUT2D eigenvalue weighted by Gasteiger charge is -2.01. The van der Waals surface area contributed by atoms with Crippen LogP contribution in [0.25, 0.3) is 11.4 Å². The average Bonchev–Trinajstić information content (AvgIpc) is 2.77. The summed E-state index contributed by atoms with van der Waals surface area (Å²) in [5, 5.41) is 12.7. The largest absolute Gasteiger partial charge is 0.475 e. The molecule has 7 heteroatoms. The van der Waals surface area contributed by atoms with Crippen LogP contribution in [0.3, 0.4) is 0 Å². The van der Waals surface area contributed by atoms with E-state index in [0.717, 1.165) is 0 Å². The molecule has 0 saturated carbocycles. The Labute approximate surface area is 90.8 Å². The van der Waals surface area contributed by atoms with Gasteiger partial charge in [0.05, 0.1) is 5.56 Å². The number of nitrogens with zero attached hydrogens (tertiary/aromatic N) is 5. The Morgan fingerprint density at radius 3 is 2.62 bits per heavy atom. The molecule has 0 aliphatic carbocycles. The molecule has 0 atom stereocenters. The molecule has 1 N–H and O–H groups in total. The lowest BCUT2D eigenvalue weighted by molar-refractivity contribution is 0.0683. The Bertz CT molecular complexity index is 505. The summed E-state index contributed by atoms with van der Waals surface area (Å²) in [6.07, 6.45) is 4.28. The van der Waals surface area contributed by atoms with E-state index in [9.17, 15) is 4.79 Å². The molecule has 0 amide bonds. The van der Waals surface area contributed by atoms with Crippen LogP contribution < -0.4 is 0 Å². The molecule has 0 aliphatic rings. The predicted octanol–water partition coefficient (Wildman–Crippen LogP) is 0.453. The normalized spacial score (nSPS) is 10.3. The number of hydrogen-bond donors (Lipinski definition) is 1. The quantitative estimate of drug-likeness (QED) is 0.805. The van der Waals surface area contributed by atoms with Crippen LogP contribution in [-0.4, -0.2) is 35.8 Å². The summed E-state index contributed by atoms with van der Waals surface area (Å²) >= 11 is 0. The Morgan fingerprint density at radius 2 is 2.06 bits per heavy atom. The third-order valence-corrected chi connectivity index (χ3v) is 2.02. The van der Waals surface area contributed by atoms with E-state index in [4.69, 9.17) is 5.11 Å². The number of aryl methyl sites for hydroxylation is 1. The van der Waals surface area contributed by atoms with Crippen molar-refractivity contribution in [1.82, 2.24) is 24.7 Å². The van der Waals surface area contributed by atoms with Gasteiger partial charge in [0, 0.05) is 18.9 Å². The number of carboxylic acid groups (broad SMARTS) is 1. The summed E-state index contributed by atoms with van der Waals surface area (Å²) in [5.41, 5.74) is 0.643. The van der Waals surface area contributed by atoms with Crippen LogP contribution in [0.15, 0.2) is 18.7 Å². The van der Waals surface area contributed by atoms with Crippen LogP contribution in [0.4, 0.5) is 0 Å². The summed E-state index contributed by atoms with van der Waals surface area (Å²) in [6.45, 7) is 2.61. The zero-order valence-corrected chi connectivity index (χ0v) is 8.53. The summed E-state index contributed by atoms with van der Waals surface area (Å²) in [6, 6.07) is 0. The van der Waals surface area contributed by atoms with Crippen molar-refractivity contribution in [1.29, 1.82) is 0 Å². The molecule has 0 radical (unpaired) electrons. The van der Waals surface area contributed by atoms with Crippen molar-refractivity contribution in [3.05, 3.63) is 24.5 Å². The maximum Gasteiger partial charge on any atom is 0.373 e. The van der Waals surface area contributed by atoms with Crippen molar-refractivity contribution >= 4 is 5.97 Å². The molecule has 0 saturated heterocycles. The fraction of sp³-hybridized carbons (Fsp3) is 0.222. The van der Waals surface area contributed by atoms with Gasteiger partial charge in [-0.25, -0.2) is 24.4 Å². The van der Waals surface area contributed by atoms with Crippen LogP contribution >= 0.6 is 0 Å². The lowest BCUT2D eigenvalue weighted by atomic mass is 10.3. The molecule has 0 bridgehead atoms. The minimum Gasteiger partial charge on any atom is -0.475 e. The van der Waals surface area contributed by atoms with E-state index < -0.39 is 5.97 Å². The fourth-order valence-electron chi connectivity index (χ4n) is 1.27. The van der Waals surface area contributed by atoms with Crippen molar-refractivity contribution in [2.24, 2.45) is 0 Å². The van der Waals surface area contributed by atoms with Crippen LogP contribution in [0.2, 0.25) is 0 Å². The van der Waals surface area contributed by atoms with Gasteiger partial charge in [-0.05, 0) is 6.92 Å². The minimum atomic E-state index is -1.15. The number of aromatic nitrogens is 5. The first kappa shape index (κ1) is 10.2. The molecule has 0 unspecified atom stereocenters. The maximum absolute atomic E-state index is 10.6. The van der Waals surface area contributed by atoms with Crippen LogP contribution in [0.1, 0.15) is 17.5 Å². The Kier molecular flexibility index (Phi) is 2.59. The Hall–Kier alpha value is -2.31. The molecule has 82 valence electrons. The minimum absolute atomic E-state index is 0.230. The average molecular weight is 219 g/mol. The topological polar surface area (TPSA) is 93.8 Å². The molecule has 2 rings (SSSR count). The first-order valence-corrected chi connectivity index (χ1v) is 4.66. The molecule has 7 nitrogen and oxygen atoms in total. The van der Waals surface area contributed by atoms with E-state index in [1.54, 1.807) is 4.68 Å². The van der Waals surface area contributed by atoms with Gasteiger partial charge in [0.25, 0.3) is 0 Å². The number of hydrogen-bond acceptors (Lipinski definition) is 5. The Balaban J connectivity index is 2.38. The van der Waals surface area contributed by atoms with Gasteiger partial charge in [0.1, 0.15) is 6.33 Å². The van der Waals surface area contributed by atoms with E-state index in [1.807, 2.05) is 6.92 Å². The third kappa shape index (κ3) is 1.74. The zero-order chi connectivity index (χ0) is 11.5. The third-order valence-electron chi connectivity index (χ3n) is 2.02. The molecule has 0 fully saturated rings. The molecule has 16 heavy (non-hydrogen) atoms. The highest BCUT2D eigenvalue weighted by molar-refractivity contribution is 5.83. The highest BCUT2D eigenvalue weighted by atomic mass is 16.4. The standard InChI is InChI=1S/C9H9N5O2/c1-2-14-8(12-5-13-14)6-3-10-7(9(15)16)11-4-6/h3-5H,2H2,1H3,(H,15,16). The summed E-state index contributed by atoms with van der Waals surface area (Å²) in [7, 11) is 0. The smallest absolute Gasteiger partial charge is 0.373 e. The first-order valence-electron chi connectivity index (χ1n) is 4.66. The number of carbonyl (C=O) groups is 1. The van der Waals surface area contributed by atoms with Gasteiger partial charge >= 0.3 is 5.97 Å². The van der Waals surface area contributed by atoms with Crippen molar-refractivity contribution in [2.75, 3.05) is 0 Å². The molecular formula is C9H9N5O2. The van der Waals surface area contributed by atoms with Gasteiger partial charge in [0.2, 0.25) is 5.82 Å². The zero-order valence-electron chi connectivity index (χ0n) is 8.53. The second kappa shape index (κ2) is 4.05. The highest BCUT2D eigenvalue weighted by Crippen LogP contribution is 2.13. The predicted molar refractivity (Wildman–Crippen MR) is 53.7 cm³/mol. The second-order valence-electron chi connectivity index (χ2n) is 3.00. The summed E-state index contributed by atoms with van der Waals surface area (Å²) in [5.74, 6) is -0.755. The van der Waals surface area contributed by atoms with Crippen molar-refractivity contribution < 1.29 is 9.90 Å². The Morgan fingerprint density at radius 1 is 1.38 bits per heavy atom. The van der Waals surface area contributed by atoms with Crippen molar-refractivity contribution in [2.45, 2.75) is 13.5 Å². The SMILES string of the molecule is CCn1ncnc1-c1cnc(C(=O)O)nc1. The van der Waals surface area contributed by atoms with E-state index in [0.29, 0.717) is 17.9 Å². The number of carboxylic acids is 1. The van der Waals surface area contributed by atoms with Gasteiger partial charge < -0.3 is 5.11 Å². The monoisotopic (exact) mass is 219 g/mol.